The molecule has 0 aliphatic heterocycles. The highest BCUT2D eigenvalue weighted by atomic mass is 35.5. The van der Waals surface area contributed by atoms with Crippen LogP contribution in [0, 0.1) is 0 Å². The first-order valence-electron chi connectivity index (χ1n) is 7.39. The van der Waals surface area contributed by atoms with Crippen molar-refractivity contribution in [3.05, 3.63) is 59.7 Å². The van der Waals surface area contributed by atoms with Crippen LogP contribution in [0.1, 0.15) is 11.1 Å². The van der Waals surface area contributed by atoms with Gasteiger partial charge in [-0.05, 0) is 29.7 Å². The van der Waals surface area contributed by atoms with Crippen LogP contribution in [-0.2, 0) is 17.8 Å². The molecule has 0 fully saturated rings. The molecule has 0 saturated carbocycles. The van der Waals surface area contributed by atoms with Gasteiger partial charge in [0.1, 0.15) is 12.5 Å². The molecular weight excluding hydrogens is 314 g/mol. The molecule has 23 heavy (non-hydrogen) atoms. The number of hydrogen-bond donors (Lipinski definition) is 1. The van der Waals surface area contributed by atoms with E-state index in [0.29, 0.717) is 31.1 Å². The molecule has 0 spiro atoms. The number of hydrogen-bond acceptors (Lipinski definition) is 3. The highest BCUT2D eigenvalue weighted by Crippen LogP contribution is 2.29. The molecule has 0 aromatic heterocycles. The van der Waals surface area contributed by atoms with Crippen molar-refractivity contribution >= 4 is 17.5 Å². The Morgan fingerprint density at radius 2 is 1.87 bits per heavy atom. The quantitative estimate of drug-likeness (QED) is 0.755. The van der Waals surface area contributed by atoms with Gasteiger partial charge in [0, 0.05) is 6.54 Å². The number of alkyl halides is 1. The Hall–Kier alpha value is -2.20. The molecule has 5 heteroatoms. The van der Waals surface area contributed by atoms with Gasteiger partial charge in [0.15, 0.2) is 11.5 Å². The number of carbonyl (C=O) groups excluding carboxylic acids is 1. The zero-order valence-electron chi connectivity index (χ0n) is 13.0. The molecular formula is C18H20ClNO3. The summed E-state index contributed by atoms with van der Waals surface area (Å²) in [6.45, 7) is 1.03. The highest BCUT2D eigenvalue weighted by Gasteiger charge is 2.07. The van der Waals surface area contributed by atoms with Gasteiger partial charge in [-0.25, -0.2) is 0 Å². The van der Waals surface area contributed by atoms with Crippen molar-refractivity contribution in [1.29, 1.82) is 0 Å². The fourth-order valence-corrected chi connectivity index (χ4v) is 2.21. The average molecular weight is 334 g/mol. The summed E-state index contributed by atoms with van der Waals surface area (Å²) in [6.07, 6.45) is 0.706. The third kappa shape index (κ3) is 5.49. The average Bonchev–Trinajstić information content (AvgIpc) is 2.61. The van der Waals surface area contributed by atoms with Gasteiger partial charge in [-0.15, -0.1) is 11.6 Å². The lowest BCUT2D eigenvalue weighted by Gasteiger charge is -2.12. The van der Waals surface area contributed by atoms with E-state index in [1.807, 2.05) is 48.5 Å². The zero-order valence-corrected chi connectivity index (χ0v) is 13.8. The Kier molecular flexibility index (Phi) is 6.76. The molecule has 1 amide bonds. The summed E-state index contributed by atoms with van der Waals surface area (Å²) in [5.41, 5.74) is 2.16. The van der Waals surface area contributed by atoms with E-state index in [-0.39, 0.29) is 11.8 Å². The van der Waals surface area contributed by atoms with E-state index in [4.69, 9.17) is 21.1 Å². The van der Waals surface area contributed by atoms with Crippen molar-refractivity contribution in [2.24, 2.45) is 0 Å². The molecule has 1 N–H and O–H groups in total. The second kappa shape index (κ2) is 9.06. The number of benzene rings is 2. The summed E-state index contributed by atoms with van der Waals surface area (Å²) < 4.78 is 11.2. The van der Waals surface area contributed by atoms with Crippen LogP contribution in [-0.4, -0.2) is 25.4 Å². The number of rotatable bonds is 8. The van der Waals surface area contributed by atoms with Crippen molar-refractivity contribution in [2.75, 3.05) is 19.5 Å². The van der Waals surface area contributed by atoms with Crippen molar-refractivity contribution in [1.82, 2.24) is 5.32 Å². The summed E-state index contributed by atoms with van der Waals surface area (Å²) in [5, 5.41) is 2.74. The molecule has 0 saturated heterocycles. The minimum Gasteiger partial charge on any atom is -0.493 e. The lowest BCUT2D eigenvalue weighted by molar-refractivity contribution is -0.118. The molecule has 0 unspecified atom stereocenters. The lowest BCUT2D eigenvalue weighted by atomic mass is 10.1. The zero-order chi connectivity index (χ0) is 16.5. The Bertz CT molecular complexity index is 631. The van der Waals surface area contributed by atoms with Gasteiger partial charge in [0.2, 0.25) is 5.91 Å². The second-order valence-electron chi connectivity index (χ2n) is 4.99. The van der Waals surface area contributed by atoms with Crippen LogP contribution in [0.2, 0.25) is 0 Å². The van der Waals surface area contributed by atoms with E-state index in [1.165, 1.54) is 0 Å². The van der Waals surface area contributed by atoms with Crippen LogP contribution in [0.3, 0.4) is 0 Å². The molecule has 0 atom stereocenters. The van der Waals surface area contributed by atoms with E-state index in [1.54, 1.807) is 7.11 Å². The highest BCUT2D eigenvalue weighted by molar-refractivity contribution is 6.27. The van der Waals surface area contributed by atoms with Crippen LogP contribution >= 0.6 is 11.6 Å². The molecule has 4 nitrogen and oxygen atoms in total. The largest absolute Gasteiger partial charge is 0.493 e. The van der Waals surface area contributed by atoms with Gasteiger partial charge in [-0.3, -0.25) is 4.79 Å². The van der Waals surface area contributed by atoms with Gasteiger partial charge >= 0.3 is 0 Å². The van der Waals surface area contributed by atoms with Crippen LogP contribution in [0.5, 0.6) is 11.5 Å². The van der Waals surface area contributed by atoms with Crippen molar-refractivity contribution < 1.29 is 14.3 Å². The molecule has 0 aliphatic rings. The topological polar surface area (TPSA) is 47.6 Å². The van der Waals surface area contributed by atoms with Crippen LogP contribution < -0.4 is 14.8 Å². The minimum atomic E-state index is -0.165. The van der Waals surface area contributed by atoms with Crippen molar-refractivity contribution in [3.8, 4) is 11.5 Å². The van der Waals surface area contributed by atoms with Crippen LogP contribution in [0.4, 0.5) is 0 Å². The second-order valence-corrected chi connectivity index (χ2v) is 5.26. The fraction of sp³-hybridized carbons (Fsp3) is 0.278. The summed E-state index contributed by atoms with van der Waals surface area (Å²) in [4.78, 5) is 11.1. The summed E-state index contributed by atoms with van der Waals surface area (Å²) in [5.74, 6) is 1.20. The monoisotopic (exact) mass is 333 g/mol. The first-order chi connectivity index (χ1) is 11.2. The maximum absolute atomic E-state index is 11.1. The standard InChI is InChI=1S/C18H20ClNO3/c1-22-17-11-14(9-10-20-18(21)12-19)7-8-16(17)23-13-15-5-3-2-4-6-15/h2-8,11H,9-10,12-13H2,1H3,(H,20,21). The van der Waals surface area contributed by atoms with E-state index in [9.17, 15) is 4.79 Å². The van der Waals surface area contributed by atoms with E-state index in [2.05, 4.69) is 5.32 Å². The van der Waals surface area contributed by atoms with E-state index < -0.39 is 0 Å². The third-order valence-electron chi connectivity index (χ3n) is 3.32. The Balaban J connectivity index is 1.94. The first-order valence-corrected chi connectivity index (χ1v) is 7.92. The SMILES string of the molecule is COc1cc(CCNC(=O)CCl)ccc1OCc1ccccc1. The van der Waals surface area contributed by atoms with Crippen molar-refractivity contribution in [2.45, 2.75) is 13.0 Å². The predicted octanol–water partition coefficient (Wildman–Crippen LogP) is 3.17. The number of amides is 1. The number of halogens is 1. The maximum atomic E-state index is 11.1. The van der Waals surface area contributed by atoms with Gasteiger partial charge in [0.05, 0.1) is 7.11 Å². The Labute approximate surface area is 141 Å². The van der Waals surface area contributed by atoms with Crippen LogP contribution in [0.25, 0.3) is 0 Å². The van der Waals surface area contributed by atoms with Gasteiger partial charge in [0.25, 0.3) is 0 Å². The summed E-state index contributed by atoms with van der Waals surface area (Å²) >= 11 is 5.44. The molecule has 2 rings (SSSR count). The molecule has 122 valence electrons. The molecule has 0 bridgehead atoms. The van der Waals surface area contributed by atoms with E-state index >= 15 is 0 Å². The molecule has 2 aromatic rings. The van der Waals surface area contributed by atoms with Gasteiger partial charge in [-0.1, -0.05) is 36.4 Å². The van der Waals surface area contributed by atoms with Crippen molar-refractivity contribution in [3.63, 3.8) is 0 Å². The summed E-state index contributed by atoms with van der Waals surface area (Å²) in [7, 11) is 1.61. The molecule has 0 radical (unpaired) electrons. The van der Waals surface area contributed by atoms with Crippen LogP contribution in [0.15, 0.2) is 48.5 Å². The summed E-state index contributed by atoms with van der Waals surface area (Å²) in [6, 6.07) is 15.7. The molecule has 2 aromatic carbocycles. The van der Waals surface area contributed by atoms with Gasteiger partial charge < -0.3 is 14.8 Å². The number of nitrogens with one attached hydrogen (secondary N) is 1. The number of ether oxygens (including phenoxy) is 2. The normalized spacial score (nSPS) is 10.2. The van der Waals surface area contributed by atoms with E-state index in [0.717, 1.165) is 11.1 Å². The number of carbonyl (C=O) groups is 1. The predicted molar refractivity (Wildman–Crippen MR) is 91.2 cm³/mol. The Morgan fingerprint density at radius 1 is 1.09 bits per heavy atom. The molecule has 0 heterocycles. The fourth-order valence-electron chi connectivity index (χ4n) is 2.12. The Morgan fingerprint density at radius 3 is 2.57 bits per heavy atom. The third-order valence-corrected chi connectivity index (χ3v) is 3.57. The maximum Gasteiger partial charge on any atom is 0.234 e. The first kappa shape index (κ1) is 17.2. The molecule has 0 aliphatic carbocycles. The lowest BCUT2D eigenvalue weighted by Crippen LogP contribution is -2.26. The van der Waals surface area contributed by atoms with Gasteiger partial charge in [-0.2, -0.15) is 0 Å². The minimum absolute atomic E-state index is 0.0183. The smallest absolute Gasteiger partial charge is 0.234 e. The number of methoxy groups -OCH3 is 1.